The van der Waals surface area contributed by atoms with Crippen molar-refractivity contribution in [2.75, 3.05) is 55.9 Å². The summed E-state index contributed by atoms with van der Waals surface area (Å²) >= 11 is 0. The molecule has 1 aromatic carbocycles. The van der Waals surface area contributed by atoms with Crippen molar-refractivity contribution in [3.8, 4) is 0 Å². The molecule has 7 atom stereocenters. The Morgan fingerprint density at radius 3 is 2.52 bits per heavy atom. The van der Waals surface area contributed by atoms with Crippen LogP contribution in [0.5, 0.6) is 0 Å². The molecule has 3 aromatic rings. The molecule has 2 unspecified atom stereocenters. The van der Waals surface area contributed by atoms with E-state index in [2.05, 4.69) is 51.8 Å². The SMILES string of the molecule is CO[C@]12C3NC3CN1C1=C(C(=O)C(NCCSSC[C@@H](C)NC(=O)[C@@H](N)CNC(=O)CC[C@@H](NC(=O)c3ccc(NCc4cnc5nc(N)[nH]c(=O)c5n4)cc3)C(=O)O)=C(C)C1=O)[C@H]2COC(N)=O. The van der Waals surface area contributed by atoms with Crippen LogP contribution in [0.1, 0.15) is 42.7 Å². The van der Waals surface area contributed by atoms with Gasteiger partial charge in [-0.3, -0.25) is 33.8 Å². The van der Waals surface area contributed by atoms with Crippen LogP contribution in [-0.4, -0.2) is 152 Å². The molecule has 27 heteroatoms. The number of fused-ring (bicyclic) bond motifs is 5. The van der Waals surface area contributed by atoms with Gasteiger partial charge in [-0.1, -0.05) is 21.6 Å². The Labute approximate surface area is 401 Å². The number of rotatable bonds is 23. The predicted octanol–water partition coefficient (Wildman–Crippen LogP) is -1.81. The number of nitrogens with two attached hydrogens (primary N) is 3. The number of nitrogens with zero attached hydrogens (tertiary/aromatic N) is 4. The van der Waals surface area contributed by atoms with Gasteiger partial charge in [-0.05, 0) is 44.5 Å². The van der Waals surface area contributed by atoms with Gasteiger partial charge in [-0.15, -0.1) is 0 Å². The lowest BCUT2D eigenvalue weighted by molar-refractivity contribution is -0.139. The van der Waals surface area contributed by atoms with Crippen molar-refractivity contribution in [1.29, 1.82) is 0 Å². The number of Topliss-reactive ketones (excluding diaryl/α,β-unsaturated/α-hetero) is 2. The summed E-state index contributed by atoms with van der Waals surface area (Å²) in [6.07, 6.45) is -0.0784. The lowest BCUT2D eigenvalue weighted by Gasteiger charge is -2.39. The first-order valence-corrected chi connectivity index (χ1v) is 24.2. The minimum Gasteiger partial charge on any atom is -0.480 e. The Morgan fingerprint density at radius 2 is 1.81 bits per heavy atom. The molecule has 0 spiro atoms. The van der Waals surface area contributed by atoms with E-state index in [4.69, 9.17) is 26.7 Å². The molecule has 368 valence electrons. The molecule has 0 saturated carbocycles. The van der Waals surface area contributed by atoms with E-state index in [9.17, 15) is 43.5 Å². The Bertz CT molecular complexity index is 2680. The Hall–Kier alpha value is -6.81. The minimum absolute atomic E-state index is 0.0283. The molecular weight excluding hydrogens is 941 g/mol. The molecule has 4 aliphatic rings. The third kappa shape index (κ3) is 10.9. The summed E-state index contributed by atoms with van der Waals surface area (Å²) in [5.41, 5.74) is 17.5. The van der Waals surface area contributed by atoms with Crippen molar-refractivity contribution in [2.45, 2.75) is 69.2 Å². The number of hydrogen-bond donors (Lipinski definition) is 11. The van der Waals surface area contributed by atoms with E-state index < -0.39 is 59.1 Å². The summed E-state index contributed by atoms with van der Waals surface area (Å²) in [5.74, 6) is -3.58. The van der Waals surface area contributed by atoms with Crippen LogP contribution in [0, 0.1) is 5.92 Å². The average Bonchev–Trinajstić information content (AvgIpc) is 3.93. The Morgan fingerprint density at radius 1 is 1.06 bits per heavy atom. The molecule has 5 heterocycles. The number of primary amides is 1. The van der Waals surface area contributed by atoms with Gasteiger partial charge in [0, 0.05) is 79.2 Å². The normalized spacial score (nSPS) is 21.4. The van der Waals surface area contributed by atoms with Gasteiger partial charge in [-0.2, -0.15) is 4.98 Å². The second-order valence-corrected chi connectivity index (χ2v) is 19.2. The number of H-pyrrole nitrogens is 1. The fourth-order valence-electron chi connectivity index (χ4n) is 8.49. The smallest absolute Gasteiger partial charge is 0.404 e. The van der Waals surface area contributed by atoms with Gasteiger partial charge >= 0.3 is 12.1 Å². The topological polar surface area (TPSA) is 393 Å². The van der Waals surface area contributed by atoms with E-state index >= 15 is 0 Å². The highest BCUT2D eigenvalue weighted by molar-refractivity contribution is 8.76. The van der Waals surface area contributed by atoms with Crippen molar-refractivity contribution < 1.29 is 48.1 Å². The fourth-order valence-corrected chi connectivity index (χ4v) is 10.7. The first-order valence-electron chi connectivity index (χ1n) is 21.7. The van der Waals surface area contributed by atoms with Gasteiger partial charge in [0.2, 0.25) is 29.3 Å². The molecular formula is C42H52N14O11S2. The maximum absolute atomic E-state index is 14.0. The number of hydrogen-bond acceptors (Lipinski definition) is 21. The third-order valence-electron chi connectivity index (χ3n) is 11.9. The summed E-state index contributed by atoms with van der Waals surface area (Å²) in [4.78, 5) is 118. The first kappa shape index (κ1) is 50.1. The maximum Gasteiger partial charge on any atom is 0.404 e. The monoisotopic (exact) mass is 992 g/mol. The van der Waals surface area contributed by atoms with E-state index in [0.717, 1.165) is 0 Å². The lowest BCUT2D eigenvalue weighted by atomic mass is 9.82. The number of aliphatic carboxylic acids is 1. The number of ether oxygens (including phenoxy) is 2. The molecule has 14 N–H and O–H groups in total. The summed E-state index contributed by atoms with van der Waals surface area (Å²) in [5, 5.41) is 27.0. The highest BCUT2D eigenvalue weighted by Crippen LogP contribution is 2.55. The largest absolute Gasteiger partial charge is 0.480 e. The zero-order chi connectivity index (χ0) is 49.7. The highest BCUT2D eigenvalue weighted by atomic mass is 33.1. The minimum atomic E-state index is -1.39. The molecule has 69 heavy (non-hydrogen) atoms. The molecule has 4 amide bonds. The van der Waals surface area contributed by atoms with Crippen molar-refractivity contribution in [3.05, 3.63) is 74.6 Å². The number of aromatic nitrogens is 4. The van der Waals surface area contributed by atoms with Gasteiger partial charge in [0.15, 0.2) is 16.9 Å². The molecule has 0 radical (unpaired) electrons. The van der Waals surface area contributed by atoms with Crippen molar-refractivity contribution in [1.82, 2.24) is 51.4 Å². The van der Waals surface area contributed by atoms with Crippen molar-refractivity contribution in [2.24, 2.45) is 17.4 Å². The summed E-state index contributed by atoms with van der Waals surface area (Å²) < 4.78 is 11.2. The van der Waals surface area contributed by atoms with E-state index in [1.54, 1.807) is 26.0 Å². The summed E-state index contributed by atoms with van der Waals surface area (Å²) in [6.45, 7) is 3.92. The van der Waals surface area contributed by atoms with Crippen LogP contribution < -0.4 is 54.7 Å². The number of methoxy groups -OCH3 is 1. The zero-order valence-corrected chi connectivity index (χ0v) is 39.2. The number of carboxylic acid groups (broad SMARTS) is 1. The molecule has 3 aliphatic heterocycles. The standard InChI is InChI=1S/C42H52N14O11S2/c1-18(17-69-68-11-10-46-29-19(2)32(58)31-28(33(29)59)23(16-67-41(45)65)42(66-3)34-26(52-34)15-56(31)42)50-37(61)24(43)14-48-27(57)9-8-25(39(63)64)53-36(60)20-4-6-21(7-5-20)47-12-22-13-49-35-30(51-22)38(62)55-40(44)54-35/h4-7,13,18,23-26,34,46-47,52H,8-12,14-17,43H2,1-3H3,(H2,45,65)(H,48,57)(H,50,61)(H,53,60)(H,63,64)(H3,44,49,54,55,62)/t18-,23-,24+,25-,26?,34?,42-/m1/s1. The molecule has 2 saturated heterocycles. The van der Waals surface area contributed by atoms with Gasteiger partial charge in [0.05, 0.1) is 41.8 Å². The number of ketones is 2. The van der Waals surface area contributed by atoms with Crippen LogP contribution in [0.15, 0.2) is 57.8 Å². The number of nitrogens with one attached hydrogen (secondary N) is 7. The number of amides is 4. The highest BCUT2D eigenvalue weighted by Gasteiger charge is 2.72. The van der Waals surface area contributed by atoms with Gasteiger partial charge in [0.25, 0.3) is 11.5 Å². The quantitative estimate of drug-likeness (QED) is 0.0216. The van der Waals surface area contributed by atoms with Gasteiger partial charge < -0.3 is 68.6 Å². The van der Waals surface area contributed by atoms with E-state index in [0.29, 0.717) is 36.0 Å². The van der Waals surface area contributed by atoms with Crippen LogP contribution in [0.25, 0.3) is 11.2 Å². The number of carbonyl (C=O) groups excluding carboxylic acids is 6. The van der Waals surface area contributed by atoms with E-state index in [1.807, 2.05) is 4.90 Å². The Kier molecular flexibility index (Phi) is 15.4. The average molecular weight is 993 g/mol. The molecule has 1 aliphatic carbocycles. The van der Waals surface area contributed by atoms with Crippen LogP contribution in [0.3, 0.4) is 0 Å². The van der Waals surface area contributed by atoms with Crippen LogP contribution in [0.2, 0.25) is 0 Å². The maximum atomic E-state index is 14.0. The van der Waals surface area contributed by atoms with Crippen LogP contribution in [0.4, 0.5) is 16.4 Å². The molecule has 2 fully saturated rings. The number of aromatic amines is 1. The number of piperazine rings is 1. The number of carbonyl (C=O) groups is 7. The molecule has 7 rings (SSSR count). The zero-order valence-electron chi connectivity index (χ0n) is 37.6. The number of anilines is 2. The van der Waals surface area contributed by atoms with Gasteiger partial charge in [0.1, 0.15) is 18.7 Å². The number of allylic oxidation sites excluding steroid dienone is 2. The molecule has 2 aromatic heterocycles. The van der Waals surface area contributed by atoms with Crippen molar-refractivity contribution in [3.63, 3.8) is 0 Å². The summed E-state index contributed by atoms with van der Waals surface area (Å²) in [6, 6.07) is 3.26. The van der Waals surface area contributed by atoms with Crippen molar-refractivity contribution >= 4 is 85.7 Å². The van der Waals surface area contributed by atoms with Gasteiger partial charge in [-0.25, -0.2) is 19.6 Å². The predicted molar refractivity (Wildman–Crippen MR) is 252 cm³/mol. The third-order valence-corrected chi connectivity index (χ3v) is 14.5. The number of nitrogen functional groups attached to an aromatic ring is 1. The first-order chi connectivity index (χ1) is 32.9. The number of benzene rings is 1. The van der Waals surface area contributed by atoms with E-state index in [1.165, 1.54) is 47.0 Å². The second-order valence-electron chi connectivity index (χ2n) is 16.6. The number of carboxylic acids is 1. The van der Waals surface area contributed by atoms with E-state index in [-0.39, 0.29) is 107 Å². The van der Waals surface area contributed by atoms with Crippen LogP contribution in [-0.2, 0) is 40.0 Å². The Balaban J connectivity index is 0.778. The molecule has 25 nitrogen and oxygen atoms in total. The fraction of sp³-hybridized carbons (Fsp3) is 0.452. The summed E-state index contributed by atoms with van der Waals surface area (Å²) in [7, 11) is 4.45. The second kappa shape index (κ2) is 21.2. The van der Waals surface area contributed by atoms with Crippen LogP contribution >= 0.6 is 21.6 Å². The lowest BCUT2D eigenvalue weighted by Crippen LogP contribution is -2.55. The molecule has 0 bridgehead atoms.